The second kappa shape index (κ2) is 7.56. The number of nitrogens with zero attached hydrogens (tertiary/aromatic N) is 5. The Morgan fingerprint density at radius 1 is 1.26 bits per heavy atom. The molecule has 2 amide bonds. The van der Waals surface area contributed by atoms with Gasteiger partial charge in [-0.2, -0.15) is 4.98 Å². The van der Waals surface area contributed by atoms with E-state index in [1.807, 2.05) is 18.2 Å². The zero-order valence-corrected chi connectivity index (χ0v) is 15.0. The number of aromatic nitrogens is 4. The van der Waals surface area contributed by atoms with E-state index in [1.165, 1.54) is 0 Å². The average molecular weight is 368 g/mol. The monoisotopic (exact) mass is 368 g/mol. The molecule has 0 aliphatic carbocycles. The molecule has 3 aromatic rings. The summed E-state index contributed by atoms with van der Waals surface area (Å²) in [5, 5.41) is 10.7. The molecule has 1 fully saturated rings. The third-order valence-corrected chi connectivity index (χ3v) is 4.49. The molecular weight excluding hydrogens is 348 g/mol. The van der Waals surface area contributed by atoms with Crippen molar-refractivity contribution in [3.63, 3.8) is 0 Å². The Hall–Kier alpha value is -3.23. The van der Waals surface area contributed by atoms with Crippen molar-refractivity contribution < 1.29 is 13.8 Å². The van der Waals surface area contributed by atoms with Crippen LogP contribution in [0, 0.1) is 6.92 Å². The molecule has 0 spiro atoms. The van der Waals surface area contributed by atoms with Crippen LogP contribution in [0.25, 0.3) is 11.4 Å². The summed E-state index contributed by atoms with van der Waals surface area (Å²) in [6, 6.07) is 6.96. The zero-order chi connectivity index (χ0) is 18.6. The maximum Gasteiger partial charge on any atom is 0.318 e. The largest absolute Gasteiger partial charge is 0.359 e. The highest BCUT2D eigenvalue weighted by Crippen LogP contribution is 2.29. The minimum atomic E-state index is -0.196. The minimum Gasteiger partial charge on any atom is -0.359 e. The molecule has 0 bridgehead atoms. The summed E-state index contributed by atoms with van der Waals surface area (Å²) in [6.45, 7) is 2.65. The highest BCUT2D eigenvalue weighted by molar-refractivity contribution is 5.74. The normalized spacial score (nSPS) is 17.1. The number of carbonyl (C=O) groups is 1. The van der Waals surface area contributed by atoms with Gasteiger partial charge in [-0.1, -0.05) is 16.4 Å². The SMILES string of the molecule is Cc1noc([C@H]2CCCCN2C(=O)NCc2cc(-c3ccccn3)no2)n1. The van der Waals surface area contributed by atoms with Gasteiger partial charge in [-0.3, -0.25) is 4.98 Å². The lowest BCUT2D eigenvalue weighted by molar-refractivity contribution is 0.131. The van der Waals surface area contributed by atoms with Crippen LogP contribution in [0.1, 0.15) is 42.8 Å². The molecule has 9 nitrogen and oxygen atoms in total. The summed E-state index contributed by atoms with van der Waals surface area (Å²) >= 11 is 0. The van der Waals surface area contributed by atoms with Crippen molar-refractivity contribution in [3.05, 3.63) is 47.9 Å². The third-order valence-electron chi connectivity index (χ3n) is 4.49. The van der Waals surface area contributed by atoms with Crippen molar-refractivity contribution in [3.8, 4) is 11.4 Å². The fourth-order valence-corrected chi connectivity index (χ4v) is 3.18. The highest BCUT2D eigenvalue weighted by Gasteiger charge is 2.32. The van der Waals surface area contributed by atoms with Gasteiger partial charge < -0.3 is 19.3 Å². The van der Waals surface area contributed by atoms with Crippen molar-refractivity contribution in [2.24, 2.45) is 0 Å². The standard InChI is InChI=1S/C18H20N6O3/c1-12-21-17(27-22-12)16-7-3-5-9-24(16)18(25)20-11-13-10-15(23-26-13)14-6-2-4-8-19-14/h2,4,6,8,10,16H,3,5,7,9,11H2,1H3,(H,20,25)/t16-/m1/s1. The number of urea groups is 1. The van der Waals surface area contributed by atoms with E-state index in [0.29, 0.717) is 29.7 Å². The Morgan fingerprint density at radius 2 is 2.19 bits per heavy atom. The summed E-state index contributed by atoms with van der Waals surface area (Å²) < 4.78 is 10.6. The van der Waals surface area contributed by atoms with Crippen LogP contribution in [-0.4, -0.2) is 37.8 Å². The Kier molecular flexibility index (Phi) is 4.82. The van der Waals surface area contributed by atoms with Crippen molar-refractivity contribution in [2.45, 2.75) is 38.8 Å². The van der Waals surface area contributed by atoms with Crippen LogP contribution in [0.4, 0.5) is 4.79 Å². The molecular formula is C18H20N6O3. The first kappa shape index (κ1) is 17.2. The predicted octanol–water partition coefficient (Wildman–Crippen LogP) is 2.86. The van der Waals surface area contributed by atoms with E-state index in [2.05, 4.69) is 25.6 Å². The van der Waals surface area contributed by atoms with Crippen LogP contribution in [0.15, 0.2) is 39.5 Å². The van der Waals surface area contributed by atoms with E-state index < -0.39 is 0 Å². The third kappa shape index (κ3) is 3.81. The van der Waals surface area contributed by atoms with Crippen LogP contribution >= 0.6 is 0 Å². The van der Waals surface area contributed by atoms with Gasteiger partial charge in [-0.15, -0.1) is 0 Å². The molecule has 1 aliphatic heterocycles. The molecule has 0 aromatic carbocycles. The van der Waals surface area contributed by atoms with Gasteiger partial charge in [-0.05, 0) is 38.3 Å². The second-order valence-corrected chi connectivity index (χ2v) is 6.44. The minimum absolute atomic E-state index is 0.189. The van der Waals surface area contributed by atoms with Crippen LogP contribution in [0.5, 0.6) is 0 Å². The Bertz CT molecular complexity index is 907. The van der Waals surface area contributed by atoms with Crippen molar-refractivity contribution in [1.82, 2.24) is 30.5 Å². The van der Waals surface area contributed by atoms with Gasteiger partial charge in [0.05, 0.1) is 12.2 Å². The maximum absolute atomic E-state index is 12.7. The zero-order valence-electron chi connectivity index (χ0n) is 15.0. The number of hydrogen-bond donors (Lipinski definition) is 1. The molecule has 27 heavy (non-hydrogen) atoms. The predicted molar refractivity (Wildman–Crippen MR) is 94.3 cm³/mol. The lowest BCUT2D eigenvalue weighted by atomic mass is 10.0. The average Bonchev–Trinajstić information content (AvgIpc) is 3.36. The van der Waals surface area contributed by atoms with E-state index in [1.54, 1.807) is 24.1 Å². The van der Waals surface area contributed by atoms with E-state index in [4.69, 9.17) is 9.05 Å². The molecule has 1 aliphatic rings. The summed E-state index contributed by atoms with van der Waals surface area (Å²) in [5.41, 5.74) is 1.36. The van der Waals surface area contributed by atoms with Gasteiger partial charge in [0.25, 0.3) is 0 Å². The Labute approximate surface area is 155 Å². The van der Waals surface area contributed by atoms with Crippen LogP contribution in [0.3, 0.4) is 0 Å². The first-order chi connectivity index (χ1) is 13.2. The van der Waals surface area contributed by atoms with Gasteiger partial charge in [0, 0.05) is 18.8 Å². The van der Waals surface area contributed by atoms with Gasteiger partial charge in [0.15, 0.2) is 11.6 Å². The number of likely N-dealkylation sites (tertiary alicyclic amines) is 1. The van der Waals surface area contributed by atoms with Gasteiger partial charge in [0.2, 0.25) is 5.89 Å². The maximum atomic E-state index is 12.7. The molecule has 9 heteroatoms. The smallest absolute Gasteiger partial charge is 0.318 e. The number of pyridine rings is 1. The number of hydrogen-bond acceptors (Lipinski definition) is 7. The molecule has 0 unspecified atom stereocenters. The number of aryl methyl sites for hydroxylation is 1. The fourth-order valence-electron chi connectivity index (χ4n) is 3.18. The molecule has 0 saturated carbocycles. The second-order valence-electron chi connectivity index (χ2n) is 6.44. The first-order valence-corrected chi connectivity index (χ1v) is 8.92. The summed E-state index contributed by atoms with van der Waals surface area (Å²) in [4.78, 5) is 23.0. The van der Waals surface area contributed by atoms with Crippen LogP contribution < -0.4 is 5.32 Å². The van der Waals surface area contributed by atoms with Crippen molar-refractivity contribution in [1.29, 1.82) is 0 Å². The lowest BCUT2D eigenvalue weighted by Crippen LogP contribution is -2.44. The van der Waals surface area contributed by atoms with Gasteiger partial charge in [0.1, 0.15) is 11.7 Å². The van der Waals surface area contributed by atoms with Crippen molar-refractivity contribution >= 4 is 6.03 Å². The highest BCUT2D eigenvalue weighted by atomic mass is 16.5. The number of piperidine rings is 1. The first-order valence-electron chi connectivity index (χ1n) is 8.92. The summed E-state index contributed by atoms with van der Waals surface area (Å²) in [6.07, 6.45) is 4.47. The molecule has 1 saturated heterocycles. The number of amides is 2. The summed E-state index contributed by atoms with van der Waals surface area (Å²) in [7, 11) is 0. The molecule has 0 radical (unpaired) electrons. The molecule has 140 valence electrons. The number of rotatable bonds is 4. The topological polar surface area (TPSA) is 110 Å². The molecule has 3 aromatic heterocycles. The van der Waals surface area contributed by atoms with Gasteiger partial charge in [-0.25, -0.2) is 4.79 Å². The Morgan fingerprint density at radius 3 is 2.96 bits per heavy atom. The van der Waals surface area contributed by atoms with Crippen LogP contribution in [-0.2, 0) is 6.54 Å². The number of carbonyl (C=O) groups excluding carboxylic acids is 1. The number of nitrogens with one attached hydrogen (secondary N) is 1. The van der Waals surface area contributed by atoms with Crippen molar-refractivity contribution in [2.75, 3.05) is 6.54 Å². The van der Waals surface area contributed by atoms with E-state index in [0.717, 1.165) is 25.0 Å². The fraction of sp³-hybridized carbons (Fsp3) is 0.389. The Balaban J connectivity index is 1.40. The van der Waals surface area contributed by atoms with E-state index in [9.17, 15) is 4.79 Å². The van der Waals surface area contributed by atoms with Crippen LogP contribution in [0.2, 0.25) is 0 Å². The van der Waals surface area contributed by atoms with E-state index >= 15 is 0 Å². The van der Waals surface area contributed by atoms with E-state index in [-0.39, 0.29) is 18.6 Å². The molecule has 4 rings (SSSR count). The molecule has 1 N–H and O–H groups in total. The summed E-state index contributed by atoms with van der Waals surface area (Å²) in [5.74, 6) is 1.62. The van der Waals surface area contributed by atoms with Gasteiger partial charge >= 0.3 is 6.03 Å². The quantitative estimate of drug-likeness (QED) is 0.754. The molecule has 4 heterocycles. The molecule has 1 atom stereocenters. The lowest BCUT2D eigenvalue weighted by Gasteiger charge is -2.33.